The number of amides is 2. The SMILES string of the molecule is CC1CN(c2ccc(NC(=O)Nc3cccc(Cl)c3)cc2)C(C)CO1. The van der Waals surface area contributed by atoms with Gasteiger partial charge in [0.1, 0.15) is 0 Å². The first-order valence-corrected chi connectivity index (χ1v) is 8.71. The highest BCUT2D eigenvalue weighted by Crippen LogP contribution is 2.24. The number of halogens is 1. The Kier molecular flexibility index (Phi) is 5.46. The summed E-state index contributed by atoms with van der Waals surface area (Å²) in [6.07, 6.45) is 0.220. The number of hydrogen-bond acceptors (Lipinski definition) is 3. The second-order valence-electron chi connectivity index (χ2n) is 6.28. The quantitative estimate of drug-likeness (QED) is 0.842. The Morgan fingerprint density at radius 3 is 2.56 bits per heavy atom. The zero-order valence-corrected chi connectivity index (χ0v) is 15.1. The van der Waals surface area contributed by atoms with Crippen LogP contribution in [0.25, 0.3) is 0 Å². The molecule has 2 atom stereocenters. The van der Waals surface area contributed by atoms with Gasteiger partial charge < -0.3 is 20.3 Å². The Bertz CT molecular complexity index is 736. The van der Waals surface area contributed by atoms with Gasteiger partial charge in [0.25, 0.3) is 0 Å². The van der Waals surface area contributed by atoms with Gasteiger partial charge in [0.15, 0.2) is 0 Å². The number of urea groups is 1. The molecular formula is C19H22ClN3O2. The van der Waals surface area contributed by atoms with E-state index in [4.69, 9.17) is 16.3 Å². The van der Waals surface area contributed by atoms with Crippen LogP contribution in [0.1, 0.15) is 13.8 Å². The van der Waals surface area contributed by atoms with Crippen LogP contribution in [0.5, 0.6) is 0 Å². The Morgan fingerprint density at radius 2 is 1.84 bits per heavy atom. The van der Waals surface area contributed by atoms with Crippen LogP contribution in [0, 0.1) is 0 Å². The predicted molar refractivity (Wildman–Crippen MR) is 103 cm³/mol. The summed E-state index contributed by atoms with van der Waals surface area (Å²) in [6, 6.07) is 14.9. The lowest BCUT2D eigenvalue weighted by Crippen LogP contribution is -2.47. The summed E-state index contributed by atoms with van der Waals surface area (Å²) in [5.74, 6) is 0. The van der Waals surface area contributed by atoms with Crippen LogP contribution < -0.4 is 15.5 Å². The van der Waals surface area contributed by atoms with E-state index in [2.05, 4.69) is 29.4 Å². The van der Waals surface area contributed by atoms with Crippen molar-refractivity contribution in [3.05, 3.63) is 53.6 Å². The summed E-state index contributed by atoms with van der Waals surface area (Å²) in [4.78, 5) is 14.4. The molecule has 2 aromatic rings. The third kappa shape index (κ3) is 4.65. The van der Waals surface area contributed by atoms with Crippen LogP contribution in [-0.4, -0.2) is 31.3 Å². The predicted octanol–water partition coefficient (Wildman–Crippen LogP) is 4.60. The van der Waals surface area contributed by atoms with Crippen LogP contribution in [0.15, 0.2) is 48.5 Å². The van der Waals surface area contributed by atoms with Gasteiger partial charge in [0.05, 0.1) is 12.7 Å². The maximum atomic E-state index is 12.1. The number of carbonyl (C=O) groups excluding carboxylic acids is 1. The molecule has 0 saturated carbocycles. The molecule has 1 aliphatic rings. The Morgan fingerprint density at radius 1 is 1.12 bits per heavy atom. The van der Waals surface area contributed by atoms with Crippen molar-refractivity contribution < 1.29 is 9.53 Å². The summed E-state index contributed by atoms with van der Waals surface area (Å²) < 4.78 is 5.67. The largest absolute Gasteiger partial charge is 0.375 e. The van der Waals surface area contributed by atoms with E-state index in [9.17, 15) is 4.79 Å². The van der Waals surface area contributed by atoms with E-state index in [0.29, 0.717) is 16.8 Å². The fraction of sp³-hybridized carbons (Fsp3) is 0.316. The second-order valence-corrected chi connectivity index (χ2v) is 6.72. The number of anilines is 3. The van der Waals surface area contributed by atoms with Gasteiger partial charge in [-0.2, -0.15) is 0 Å². The Labute approximate surface area is 152 Å². The molecule has 2 amide bonds. The molecule has 1 fully saturated rings. The van der Waals surface area contributed by atoms with E-state index in [1.165, 1.54) is 0 Å². The minimum Gasteiger partial charge on any atom is -0.375 e. The highest BCUT2D eigenvalue weighted by atomic mass is 35.5. The van der Waals surface area contributed by atoms with Gasteiger partial charge in [0.2, 0.25) is 0 Å². The minimum absolute atomic E-state index is 0.220. The number of nitrogens with one attached hydrogen (secondary N) is 2. The summed E-state index contributed by atoms with van der Waals surface area (Å²) in [5, 5.41) is 6.16. The molecule has 2 aromatic carbocycles. The molecule has 1 saturated heterocycles. The van der Waals surface area contributed by atoms with Gasteiger partial charge in [-0.25, -0.2) is 4.79 Å². The average Bonchev–Trinajstić information content (AvgIpc) is 2.58. The molecule has 0 spiro atoms. The third-order valence-electron chi connectivity index (χ3n) is 4.15. The lowest BCUT2D eigenvalue weighted by atomic mass is 10.1. The molecule has 0 radical (unpaired) electrons. The van der Waals surface area contributed by atoms with Gasteiger partial charge in [0, 0.05) is 34.7 Å². The fourth-order valence-corrected chi connectivity index (χ4v) is 3.05. The number of hydrogen-bond donors (Lipinski definition) is 2. The summed E-state index contributed by atoms with van der Waals surface area (Å²) in [6.45, 7) is 5.82. The minimum atomic E-state index is -0.302. The van der Waals surface area contributed by atoms with Crippen molar-refractivity contribution in [2.75, 3.05) is 28.7 Å². The lowest BCUT2D eigenvalue weighted by molar-refractivity contribution is 0.0344. The number of ether oxygens (including phenoxy) is 1. The number of carbonyl (C=O) groups is 1. The molecule has 6 heteroatoms. The van der Waals surface area contributed by atoms with Crippen LogP contribution in [0.4, 0.5) is 21.9 Å². The van der Waals surface area contributed by atoms with Crippen LogP contribution in [0.3, 0.4) is 0 Å². The van der Waals surface area contributed by atoms with Crippen molar-refractivity contribution in [1.82, 2.24) is 0 Å². The van der Waals surface area contributed by atoms with Crippen molar-refractivity contribution in [3.63, 3.8) is 0 Å². The Hall–Kier alpha value is -2.24. The van der Waals surface area contributed by atoms with Crippen molar-refractivity contribution in [1.29, 1.82) is 0 Å². The third-order valence-corrected chi connectivity index (χ3v) is 4.38. The van der Waals surface area contributed by atoms with E-state index < -0.39 is 0 Å². The second kappa shape index (κ2) is 7.76. The van der Waals surface area contributed by atoms with Crippen molar-refractivity contribution in [3.8, 4) is 0 Å². The van der Waals surface area contributed by atoms with Gasteiger partial charge in [-0.3, -0.25) is 0 Å². The van der Waals surface area contributed by atoms with Crippen LogP contribution in [-0.2, 0) is 4.74 Å². The number of benzene rings is 2. The molecule has 0 bridgehead atoms. The molecule has 2 N–H and O–H groups in total. The fourth-order valence-electron chi connectivity index (χ4n) is 2.86. The summed E-state index contributed by atoms with van der Waals surface area (Å²) >= 11 is 5.92. The van der Waals surface area contributed by atoms with E-state index in [1.54, 1.807) is 24.3 Å². The molecule has 1 heterocycles. The molecular weight excluding hydrogens is 338 g/mol. The van der Waals surface area contributed by atoms with Gasteiger partial charge in [-0.1, -0.05) is 17.7 Å². The van der Waals surface area contributed by atoms with E-state index >= 15 is 0 Å². The summed E-state index contributed by atoms with van der Waals surface area (Å²) in [7, 11) is 0. The molecule has 25 heavy (non-hydrogen) atoms. The van der Waals surface area contributed by atoms with E-state index in [1.807, 2.05) is 24.3 Å². The standard InChI is InChI=1S/C19H22ClN3O2/c1-13-12-25-14(2)11-23(13)18-8-6-16(7-9-18)21-19(24)22-17-5-3-4-15(20)10-17/h3-10,13-14H,11-12H2,1-2H3,(H2,21,22,24). The van der Waals surface area contributed by atoms with Crippen molar-refractivity contribution in [2.24, 2.45) is 0 Å². The smallest absolute Gasteiger partial charge is 0.323 e. The number of morpholine rings is 1. The maximum absolute atomic E-state index is 12.1. The lowest BCUT2D eigenvalue weighted by Gasteiger charge is -2.38. The van der Waals surface area contributed by atoms with Crippen LogP contribution >= 0.6 is 11.6 Å². The molecule has 3 rings (SSSR count). The molecule has 132 valence electrons. The first kappa shape index (κ1) is 17.6. The highest BCUT2D eigenvalue weighted by Gasteiger charge is 2.23. The molecule has 0 aliphatic carbocycles. The van der Waals surface area contributed by atoms with Gasteiger partial charge >= 0.3 is 6.03 Å². The van der Waals surface area contributed by atoms with Crippen molar-refractivity contribution >= 4 is 34.7 Å². The van der Waals surface area contributed by atoms with E-state index in [0.717, 1.165) is 24.5 Å². The maximum Gasteiger partial charge on any atom is 0.323 e. The average molecular weight is 360 g/mol. The number of nitrogens with zero attached hydrogens (tertiary/aromatic N) is 1. The molecule has 2 unspecified atom stereocenters. The normalized spacial score (nSPS) is 20.2. The zero-order valence-electron chi connectivity index (χ0n) is 14.3. The number of rotatable bonds is 3. The first-order chi connectivity index (χ1) is 12.0. The molecule has 1 aliphatic heterocycles. The monoisotopic (exact) mass is 359 g/mol. The molecule has 0 aromatic heterocycles. The van der Waals surface area contributed by atoms with Crippen molar-refractivity contribution in [2.45, 2.75) is 26.0 Å². The van der Waals surface area contributed by atoms with Crippen LogP contribution in [0.2, 0.25) is 5.02 Å². The summed E-state index contributed by atoms with van der Waals surface area (Å²) in [5.41, 5.74) is 2.51. The zero-order chi connectivity index (χ0) is 17.8. The van der Waals surface area contributed by atoms with Gasteiger partial charge in [-0.05, 0) is 56.3 Å². The van der Waals surface area contributed by atoms with E-state index in [-0.39, 0.29) is 12.1 Å². The molecule has 5 nitrogen and oxygen atoms in total. The topological polar surface area (TPSA) is 53.6 Å². The first-order valence-electron chi connectivity index (χ1n) is 8.33. The van der Waals surface area contributed by atoms with Gasteiger partial charge in [-0.15, -0.1) is 0 Å². The highest BCUT2D eigenvalue weighted by molar-refractivity contribution is 6.30. The Balaban J connectivity index is 1.61.